The number of aliphatic carboxylic acids is 1. The molecule has 0 spiro atoms. The van der Waals surface area contributed by atoms with E-state index in [2.05, 4.69) is 0 Å². The zero-order chi connectivity index (χ0) is 19.8. The van der Waals surface area contributed by atoms with E-state index in [1.807, 2.05) is 0 Å². The largest absolute Gasteiger partial charge is 0.481 e. The van der Waals surface area contributed by atoms with E-state index in [0.717, 1.165) is 28.6 Å². The summed E-state index contributed by atoms with van der Waals surface area (Å²) in [6.07, 6.45) is -0.530. The number of aliphatic hydroxyl groups is 1. The van der Waals surface area contributed by atoms with Crippen molar-refractivity contribution < 1.29 is 31.8 Å². The van der Waals surface area contributed by atoms with E-state index in [0.29, 0.717) is 6.42 Å². The lowest BCUT2D eigenvalue weighted by Crippen LogP contribution is -2.57. The lowest BCUT2D eigenvalue weighted by molar-refractivity contribution is -0.161. The van der Waals surface area contributed by atoms with Crippen LogP contribution in [0.15, 0.2) is 34.1 Å². The molecule has 1 aliphatic rings. The monoisotopic (exact) mass is 406 g/mol. The van der Waals surface area contributed by atoms with Crippen LogP contribution >= 0.6 is 0 Å². The second-order valence-electron chi connectivity index (χ2n) is 6.37. The molecule has 11 heteroatoms. The van der Waals surface area contributed by atoms with Gasteiger partial charge in [-0.15, -0.1) is 0 Å². The lowest BCUT2D eigenvalue weighted by atomic mass is 9.74. The Kier molecular flexibility index (Phi) is 5.78. The van der Waals surface area contributed by atoms with Crippen molar-refractivity contribution in [3.8, 4) is 0 Å². The van der Waals surface area contributed by atoms with Gasteiger partial charge in [0.05, 0.1) is 15.9 Å². The summed E-state index contributed by atoms with van der Waals surface area (Å²) in [5, 5.41) is 24.8. The third-order valence-electron chi connectivity index (χ3n) is 4.66. The van der Waals surface area contributed by atoms with Gasteiger partial charge in [-0.3, -0.25) is 4.79 Å². The summed E-state index contributed by atoms with van der Waals surface area (Å²) in [6.45, 7) is 1.38. The molecule has 9 nitrogen and oxygen atoms in total. The molecule has 146 valence electrons. The van der Waals surface area contributed by atoms with E-state index in [1.165, 1.54) is 0 Å². The summed E-state index contributed by atoms with van der Waals surface area (Å²) in [5.74, 6) is -1.24. The first-order chi connectivity index (χ1) is 11.9. The number of benzene rings is 1. The van der Waals surface area contributed by atoms with Crippen molar-refractivity contribution in [2.75, 3.05) is 13.1 Å². The Morgan fingerprint density at radius 1 is 1.23 bits per heavy atom. The Morgan fingerprint density at radius 2 is 1.77 bits per heavy atom. The summed E-state index contributed by atoms with van der Waals surface area (Å²) in [6, 6.07) is 4.39. The number of carbonyl (C=O) groups is 1. The number of carboxylic acid groups (broad SMARTS) is 1. The first-order valence-electron chi connectivity index (χ1n) is 7.99. The molecule has 1 heterocycles. The number of rotatable bonds is 6. The number of piperidine rings is 1. The maximum atomic E-state index is 12.8. The number of aliphatic hydroxyl groups excluding tert-OH is 1. The fraction of sp³-hybridized carbons (Fsp3) is 0.533. The molecule has 1 saturated heterocycles. The molecule has 1 aromatic carbocycles. The standard InChI is InChI=1S/C15H22N2O7S2/c1-2-8-15(14(19)20)10-17(9-7-13(15)18)26(23,24)12-5-3-11(4-6-12)25(16,21)22/h3-6,13,18H,2,7-10H2,1H3,(H,19,20)(H2,16,21,22)/t13-,15-/m0/s1. The van der Waals surface area contributed by atoms with Crippen molar-refractivity contribution in [3.05, 3.63) is 24.3 Å². The van der Waals surface area contributed by atoms with Gasteiger partial charge in [-0.2, -0.15) is 4.31 Å². The molecular formula is C15H22N2O7S2. The molecule has 2 atom stereocenters. The highest BCUT2D eigenvalue weighted by Gasteiger charge is 2.50. The van der Waals surface area contributed by atoms with Crippen LogP contribution in [0.5, 0.6) is 0 Å². The van der Waals surface area contributed by atoms with Crippen molar-refractivity contribution >= 4 is 26.0 Å². The molecule has 0 bridgehead atoms. The molecule has 1 aliphatic heterocycles. The van der Waals surface area contributed by atoms with Crippen LogP contribution in [0, 0.1) is 5.41 Å². The highest BCUT2D eigenvalue weighted by molar-refractivity contribution is 7.89. The van der Waals surface area contributed by atoms with Crippen molar-refractivity contribution in [1.82, 2.24) is 4.31 Å². The van der Waals surface area contributed by atoms with Crippen LogP contribution in [-0.4, -0.2) is 56.5 Å². The Balaban J connectivity index is 2.38. The molecule has 0 aliphatic carbocycles. The van der Waals surface area contributed by atoms with Crippen LogP contribution in [0.25, 0.3) is 0 Å². The summed E-state index contributed by atoms with van der Waals surface area (Å²) >= 11 is 0. The first kappa shape index (κ1) is 20.8. The van der Waals surface area contributed by atoms with Crippen LogP contribution in [0.3, 0.4) is 0 Å². The zero-order valence-corrected chi connectivity index (χ0v) is 15.8. The fourth-order valence-electron chi connectivity index (χ4n) is 3.21. The molecule has 4 N–H and O–H groups in total. The second kappa shape index (κ2) is 7.24. The van der Waals surface area contributed by atoms with Gasteiger partial charge in [-0.05, 0) is 37.1 Å². The Labute approximate surface area is 152 Å². The first-order valence-corrected chi connectivity index (χ1v) is 11.0. The molecule has 0 radical (unpaired) electrons. The number of primary sulfonamides is 1. The van der Waals surface area contributed by atoms with Crippen molar-refractivity contribution in [1.29, 1.82) is 0 Å². The number of hydrogen-bond donors (Lipinski definition) is 3. The van der Waals surface area contributed by atoms with E-state index in [1.54, 1.807) is 6.92 Å². The SMILES string of the molecule is CCC[C@]1(C(=O)O)CN(S(=O)(=O)c2ccc(S(N)(=O)=O)cc2)CC[C@@H]1O. The summed E-state index contributed by atoms with van der Waals surface area (Å²) in [7, 11) is -8.00. The van der Waals surface area contributed by atoms with Crippen LogP contribution in [-0.2, 0) is 24.8 Å². The van der Waals surface area contributed by atoms with Crippen LogP contribution in [0.4, 0.5) is 0 Å². The molecule has 1 aromatic rings. The molecule has 2 rings (SSSR count). The molecule has 26 heavy (non-hydrogen) atoms. The fourth-order valence-corrected chi connectivity index (χ4v) is 5.25. The van der Waals surface area contributed by atoms with Crippen molar-refractivity contribution in [3.63, 3.8) is 0 Å². The highest BCUT2D eigenvalue weighted by atomic mass is 32.2. The minimum atomic E-state index is -4.05. The van der Waals surface area contributed by atoms with E-state index < -0.39 is 37.5 Å². The molecule has 0 aromatic heterocycles. The van der Waals surface area contributed by atoms with Gasteiger partial charge < -0.3 is 10.2 Å². The van der Waals surface area contributed by atoms with Gasteiger partial charge in [0.2, 0.25) is 20.0 Å². The minimum Gasteiger partial charge on any atom is -0.481 e. The molecule has 0 saturated carbocycles. The third kappa shape index (κ3) is 3.76. The molecular weight excluding hydrogens is 384 g/mol. The zero-order valence-electron chi connectivity index (χ0n) is 14.2. The Morgan fingerprint density at radius 3 is 2.23 bits per heavy atom. The quantitative estimate of drug-likeness (QED) is 0.598. The average Bonchev–Trinajstić information content (AvgIpc) is 2.56. The predicted molar refractivity (Wildman–Crippen MR) is 92.2 cm³/mol. The van der Waals surface area contributed by atoms with Gasteiger partial charge >= 0.3 is 5.97 Å². The Bertz CT molecular complexity index is 881. The number of sulfonamides is 2. The smallest absolute Gasteiger partial charge is 0.313 e. The maximum Gasteiger partial charge on any atom is 0.313 e. The number of nitrogens with two attached hydrogens (primary N) is 1. The van der Waals surface area contributed by atoms with Crippen LogP contribution in [0.2, 0.25) is 0 Å². The van der Waals surface area contributed by atoms with Crippen LogP contribution < -0.4 is 5.14 Å². The maximum absolute atomic E-state index is 12.8. The normalized spacial score (nSPS) is 25.1. The topological polar surface area (TPSA) is 155 Å². The van der Waals surface area contributed by atoms with E-state index in [4.69, 9.17) is 5.14 Å². The summed E-state index contributed by atoms with van der Waals surface area (Å²) in [4.78, 5) is 11.4. The molecule has 0 unspecified atom stereocenters. The second-order valence-corrected chi connectivity index (χ2v) is 9.87. The number of carboxylic acids is 1. The molecule has 0 amide bonds. The highest BCUT2D eigenvalue weighted by Crippen LogP contribution is 2.37. The molecule has 1 fully saturated rings. The van der Waals surface area contributed by atoms with Gasteiger partial charge in [-0.25, -0.2) is 22.0 Å². The van der Waals surface area contributed by atoms with Gasteiger partial charge in [0.1, 0.15) is 5.41 Å². The van der Waals surface area contributed by atoms with E-state index >= 15 is 0 Å². The van der Waals surface area contributed by atoms with Gasteiger partial charge in [0, 0.05) is 13.1 Å². The van der Waals surface area contributed by atoms with Gasteiger partial charge in [-0.1, -0.05) is 13.3 Å². The van der Waals surface area contributed by atoms with Gasteiger partial charge in [0.15, 0.2) is 0 Å². The van der Waals surface area contributed by atoms with Gasteiger partial charge in [0.25, 0.3) is 0 Å². The Hall–Kier alpha value is -1.53. The van der Waals surface area contributed by atoms with E-state index in [9.17, 15) is 31.8 Å². The number of nitrogens with zero attached hydrogens (tertiary/aromatic N) is 1. The van der Waals surface area contributed by atoms with Crippen LogP contribution in [0.1, 0.15) is 26.2 Å². The minimum absolute atomic E-state index is 0.000787. The summed E-state index contributed by atoms with van der Waals surface area (Å²) in [5.41, 5.74) is -1.57. The predicted octanol–water partition coefficient (Wildman–Crippen LogP) is -0.0396. The van der Waals surface area contributed by atoms with E-state index in [-0.39, 0.29) is 35.7 Å². The number of hydrogen-bond acceptors (Lipinski definition) is 6. The van der Waals surface area contributed by atoms with Crippen molar-refractivity contribution in [2.24, 2.45) is 10.6 Å². The average molecular weight is 406 g/mol. The third-order valence-corrected chi connectivity index (χ3v) is 7.45. The van der Waals surface area contributed by atoms with Crippen molar-refractivity contribution in [2.45, 2.75) is 42.1 Å². The summed E-state index contributed by atoms with van der Waals surface area (Å²) < 4.78 is 49.3. The lowest BCUT2D eigenvalue weighted by Gasteiger charge is -2.42.